The van der Waals surface area contributed by atoms with Crippen molar-refractivity contribution in [2.75, 3.05) is 0 Å². The fourth-order valence-electron chi connectivity index (χ4n) is 3.09. The highest BCUT2D eigenvalue weighted by Crippen LogP contribution is 2.34. The maximum absolute atomic E-state index is 14.1. The monoisotopic (exact) mass is 485 g/mol. The van der Waals surface area contributed by atoms with E-state index in [9.17, 15) is 4.39 Å². The van der Waals surface area contributed by atoms with Crippen LogP contribution < -0.4 is 0 Å². The first-order chi connectivity index (χ1) is 11.9. The van der Waals surface area contributed by atoms with E-state index in [1.54, 1.807) is 18.2 Å². The van der Waals surface area contributed by atoms with E-state index < -0.39 is 0 Å². The third-order valence-corrected chi connectivity index (χ3v) is 5.48. The maximum Gasteiger partial charge on any atom is 0.146 e. The van der Waals surface area contributed by atoms with Crippen LogP contribution in [-0.4, -0.2) is 14.4 Å². The van der Waals surface area contributed by atoms with Crippen molar-refractivity contribution in [3.63, 3.8) is 0 Å². The summed E-state index contributed by atoms with van der Waals surface area (Å²) in [6.07, 6.45) is 0. The van der Waals surface area contributed by atoms with E-state index in [1.165, 1.54) is 12.1 Å². The van der Waals surface area contributed by atoms with Crippen molar-refractivity contribution < 1.29 is 4.39 Å². The van der Waals surface area contributed by atoms with Crippen molar-refractivity contribution in [1.29, 1.82) is 0 Å². The van der Waals surface area contributed by atoms with Crippen molar-refractivity contribution in [3.8, 4) is 11.4 Å². The highest BCUT2D eigenvalue weighted by atomic mass is 127. The van der Waals surface area contributed by atoms with Crippen LogP contribution in [0.1, 0.15) is 11.4 Å². The number of rotatable bonds is 1. The van der Waals surface area contributed by atoms with E-state index in [0.29, 0.717) is 26.9 Å². The largest absolute Gasteiger partial charge is 0.288 e. The van der Waals surface area contributed by atoms with Gasteiger partial charge in [0.25, 0.3) is 0 Å². The third kappa shape index (κ3) is 2.69. The predicted octanol–water partition coefficient (Wildman–Crippen LogP) is 6.22. The second kappa shape index (κ2) is 6.07. The first-order valence-electron chi connectivity index (χ1n) is 7.46. The Bertz CT molecular complexity index is 1170. The maximum atomic E-state index is 14.1. The zero-order chi connectivity index (χ0) is 17.9. The van der Waals surface area contributed by atoms with Gasteiger partial charge in [0.05, 0.1) is 27.4 Å². The van der Waals surface area contributed by atoms with Crippen molar-refractivity contribution in [2.24, 2.45) is 0 Å². The summed E-state index contributed by atoms with van der Waals surface area (Å²) in [5.41, 5.74) is 4.55. The Morgan fingerprint density at radius 2 is 1.76 bits per heavy atom. The lowest BCUT2D eigenvalue weighted by molar-refractivity contribution is 0.628. The summed E-state index contributed by atoms with van der Waals surface area (Å²) in [6.45, 7) is 3.83. The number of aryl methyl sites for hydroxylation is 2. The third-order valence-electron chi connectivity index (χ3n) is 4.09. The Hall–Kier alpha value is -1.44. The molecule has 0 aliphatic rings. The van der Waals surface area contributed by atoms with Gasteiger partial charge in [-0.25, -0.2) is 14.4 Å². The highest BCUT2D eigenvalue weighted by Gasteiger charge is 2.19. The normalized spacial score (nSPS) is 11.6. The Morgan fingerprint density at radius 1 is 1.04 bits per heavy atom. The zero-order valence-electron chi connectivity index (χ0n) is 13.2. The van der Waals surface area contributed by atoms with E-state index >= 15 is 0 Å². The molecule has 0 atom stereocenters. The van der Waals surface area contributed by atoms with Crippen molar-refractivity contribution >= 4 is 62.3 Å². The molecule has 3 nitrogen and oxygen atoms in total. The Kier molecular flexibility index (Phi) is 4.13. The average Bonchev–Trinajstić information content (AvgIpc) is 2.89. The van der Waals surface area contributed by atoms with E-state index in [4.69, 9.17) is 23.2 Å². The summed E-state index contributed by atoms with van der Waals surface area (Å²) >= 11 is 14.6. The number of hydrogen-bond donors (Lipinski definition) is 0. The van der Waals surface area contributed by atoms with Crippen molar-refractivity contribution in [2.45, 2.75) is 13.8 Å². The van der Waals surface area contributed by atoms with Crippen LogP contribution in [0.15, 0.2) is 30.3 Å². The minimum atomic E-state index is -0.321. The zero-order valence-corrected chi connectivity index (χ0v) is 16.9. The lowest BCUT2D eigenvalue weighted by Gasteiger charge is -2.11. The number of fused-ring (bicyclic) bond motifs is 3. The van der Waals surface area contributed by atoms with Gasteiger partial charge in [-0.3, -0.25) is 4.40 Å². The summed E-state index contributed by atoms with van der Waals surface area (Å²) in [6, 6.07) is 8.17. The van der Waals surface area contributed by atoms with Crippen LogP contribution >= 0.6 is 45.8 Å². The molecule has 0 radical (unpaired) electrons. The molecule has 2 aromatic heterocycles. The molecule has 2 aromatic carbocycles. The van der Waals surface area contributed by atoms with Gasteiger partial charge in [0, 0.05) is 20.2 Å². The molecule has 0 saturated carbocycles. The van der Waals surface area contributed by atoms with Crippen LogP contribution in [0.3, 0.4) is 0 Å². The summed E-state index contributed by atoms with van der Waals surface area (Å²) in [5.74, 6) is 0.301. The first kappa shape index (κ1) is 17.0. The van der Waals surface area contributed by atoms with Crippen LogP contribution in [0.25, 0.3) is 27.9 Å². The van der Waals surface area contributed by atoms with Gasteiger partial charge in [-0.2, -0.15) is 0 Å². The van der Waals surface area contributed by atoms with Crippen LogP contribution in [0.4, 0.5) is 4.39 Å². The molecular weight excluding hydrogens is 475 g/mol. The SMILES string of the molecule is Cc1nc(-c2cc(Cl)ccc2Cl)n2c1c(C)nc1c(I)cc(F)cc12. The summed E-state index contributed by atoms with van der Waals surface area (Å²) < 4.78 is 16.8. The number of imidazole rings is 1. The standard InChI is InChI=1S/C18H11Cl2FIN3/c1-8-17-9(2)24-18(12-5-10(19)3-4-13(12)20)25(17)15-7-11(21)6-14(22)16(15)23-8/h3-7H,1-2H3. The molecule has 7 heteroatoms. The summed E-state index contributed by atoms with van der Waals surface area (Å²) in [7, 11) is 0. The quantitative estimate of drug-likeness (QED) is 0.300. The number of halogens is 4. The second-order valence-electron chi connectivity index (χ2n) is 5.78. The smallest absolute Gasteiger partial charge is 0.146 e. The lowest BCUT2D eigenvalue weighted by atomic mass is 10.2. The molecule has 0 aliphatic carbocycles. The van der Waals surface area contributed by atoms with Crippen LogP contribution in [0.5, 0.6) is 0 Å². The molecule has 25 heavy (non-hydrogen) atoms. The molecule has 0 amide bonds. The Balaban J connectivity index is 2.25. The van der Waals surface area contributed by atoms with E-state index in [2.05, 4.69) is 32.6 Å². The van der Waals surface area contributed by atoms with Crippen molar-refractivity contribution in [3.05, 3.63) is 61.2 Å². The molecule has 0 N–H and O–H groups in total. The molecule has 0 unspecified atom stereocenters. The minimum Gasteiger partial charge on any atom is -0.288 e. The molecular formula is C18H11Cl2FIN3. The highest BCUT2D eigenvalue weighted by molar-refractivity contribution is 14.1. The van der Waals surface area contributed by atoms with E-state index in [1.807, 2.05) is 18.2 Å². The fraction of sp³-hybridized carbons (Fsp3) is 0.111. The molecule has 126 valence electrons. The molecule has 0 spiro atoms. The summed E-state index contributed by atoms with van der Waals surface area (Å²) in [4.78, 5) is 9.35. The van der Waals surface area contributed by atoms with Crippen LogP contribution in [0, 0.1) is 23.2 Å². The molecule has 0 bridgehead atoms. The first-order valence-corrected chi connectivity index (χ1v) is 9.30. The lowest BCUT2D eigenvalue weighted by Crippen LogP contribution is -2.00. The van der Waals surface area contributed by atoms with Gasteiger partial charge in [0.15, 0.2) is 0 Å². The molecule has 2 heterocycles. The van der Waals surface area contributed by atoms with Gasteiger partial charge in [-0.05, 0) is 60.7 Å². The topological polar surface area (TPSA) is 30.2 Å². The Labute approximate surface area is 166 Å². The van der Waals surface area contributed by atoms with Crippen LogP contribution in [0.2, 0.25) is 10.0 Å². The van der Waals surface area contributed by atoms with Gasteiger partial charge < -0.3 is 0 Å². The number of nitrogens with zero attached hydrogens (tertiary/aromatic N) is 3. The fourth-order valence-corrected chi connectivity index (χ4v) is 4.16. The van der Waals surface area contributed by atoms with Gasteiger partial charge in [-0.1, -0.05) is 23.2 Å². The number of aromatic nitrogens is 3. The molecule has 0 saturated heterocycles. The minimum absolute atomic E-state index is 0.321. The molecule has 0 aliphatic heterocycles. The average molecular weight is 486 g/mol. The number of hydrogen-bond acceptors (Lipinski definition) is 2. The van der Waals surface area contributed by atoms with Crippen LogP contribution in [-0.2, 0) is 0 Å². The Morgan fingerprint density at radius 3 is 2.52 bits per heavy atom. The predicted molar refractivity (Wildman–Crippen MR) is 108 cm³/mol. The second-order valence-corrected chi connectivity index (χ2v) is 7.79. The molecule has 4 aromatic rings. The molecule has 4 rings (SSSR count). The van der Waals surface area contributed by atoms with Crippen molar-refractivity contribution in [1.82, 2.24) is 14.4 Å². The summed E-state index contributed by atoms with van der Waals surface area (Å²) in [5, 5.41) is 1.09. The van der Waals surface area contributed by atoms with Gasteiger partial charge in [0.1, 0.15) is 17.2 Å². The van der Waals surface area contributed by atoms with E-state index in [-0.39, 0.29) is 5.82 Å². The van der Waals surface area contributed by atoms with E-state index in [0.717, 1.165) is 26.0 Å². The van der Waals surface area contributed by atoms with Gasteiger partial charge in [-0.15, -0.1) is 0 Å². The van der Waals surface area contributed by atoms with Gasteiger partial charge in [0.2, 0.25) is 0 Å². The number of benzene rings is 2. The molecule has 0 fully saturated rings. The van der Waals surface area contributed by atoms with Gasteiger partial charge >= 0.3 is 0 Å².